The van der Waals surface area contributed by atoms with Crippen molar-refractivity contribution in [2.75, 3.05) is 27.2 Å². The lowest BCUT2D eigenvalue weighted by atomic mass is 9.89. The van der Waals surface area contributed by atoms with Crippen LogP contribution >= 0.6 is 0 Å². The van der Waals surface area contributed by atoms with Crippen LogP contribution in [0.5, 0.6) is 0 Å². The van der Waals surface area contributed by atoms with E-state index in [2.05, 4.69) is 11.9 Å². The Kier molecular flexibility index (Phi) is 4.50. The van der Waals surface area contributed by atoms with Gasteiger partial charge in [0.1, 0.15) is 0 Å². The number of likely N-dealkylation sites (tertiary alicyclic amines) is 1. The molecule has 2 atom stereocenters. The zero-order valence-electron chi connectivity index (χ0n) is 9.65. The van der Waals surface area contributed by atoms with Gasteiger partial charge in [0.05, 0.1) is 0 Å². The fraction of sp³-hybridized carbons (Fsp3) is 0.900. The smallest absolute Gasteiger partial charge is 0.237 e. The maximum absolute atomic E-state index is 11.4. The Bertz CT molecular complexity index is 219. The molecule has 0 saturated carbocycles. The second-order valence-corrected chi connectivity index (χ2v) is 4.54. The van der Waals surface area contributed by atoms with Crippen LogP contribution in [0.3, 0.4) is 0 Å². The molecule has 0 spiro atoms. The van der Waals surface area contributed by atoms with E-state index in [1.54, 1.807) is 7.05 Å². The van der Waals surface area contributed by atoms with E-state index in [9.17, 15) is 4.79 Å². The quantitative estimate of drug-likeness (QED) is 0.373. The van der Waals surface area contributed by atoms with Crippen LogP contribution in [-0.2, 0) is 4.79 Å². The van der Waals surface area contributed by atoms with Crippen molar-refractivity contribution in [2.24, 2.45) is 17.5 Å². The fourth-order valence-electron chi connectivity index (χ4n) is 2.07. The number of carbonyl (C=O) groups excluding carboxylic acids is 1. The van der Waals surface area contributed by atoms with E-state index in [4.69, 9.17) is 11.6 Å². The molecular formula is C10H22N4O. The summed E-state index contributed by atoms with van der Waals surface area (Å²) in [5.41, 5.74) is 6.02. The lowest BCUT2D eigenvalue weighted by Crippen LogP contribution is -2.45. The third-order valence-corrected chi connectivity index (χ3v) is 3.07. The zero-order valence-corrected chi connectivity index (χ0v) is 9.65. The van der Waals surface area contributed by atoms with Gasteiger partial charge in [0.2, 0.25) is 5.91 Å². The number of hydrazine groups is 1. The highest BCUT2D eigenvalue weighted by Crippen LogP contribution is 2.19. The van der Waals surface area contributed by atoms with Gasteiger partial charge >= 0.3 is 0 Å². The first kappa shape index (κ1) is 12.4. The number of hydrogen-bond acceptors (Lipinski definition) is 4. The first-order chi connectivity index (χ1) is 7.00. The topological polar surface area (TPSA) is 75.6 Å². The van der Waals surface area contributed by atoms with Crippen molar-refractivity contribution >= 4 is 5.91 Å². The van der Waals surface area contributed by atoms with E-state index in [-0.39, 0.29) is 11.9 Å². The van der Waals surface area contributed by atoms with Gasteiger partial charge < -0.3 is 10.6 Å². The summed E-state index contributed by atoms with van der Waals surface area (Å²) in [4.78, 5) is 13.7. The molecule has 1 aliphatic rings. The summed E-state index contributed by atoms with van der Waals surface area (Å²) in [6.07, 6.45) is 2.64. The molecular weight excluding hydrogens is 192 g/mol. The average molecular weight is 214 g/mol. The Balaban J connectivity index is 2.38. The molecule has 0 aliphatic carbocycles. The predicted octanol–water partition coefficient (Wildman–Crippen LogP) is -0.622. The van der Waals surface area contributed by atoms with Crippen molar-refractivity contribution in [1.82, 2.24) is 9.91 Å². The van der Waals surface area contributed by atoms with Crippen LogP contribution in [-0.4, -0.2) is 49.0 Å². The Morgan fingerprint density at radius 1 is 1.67 bits per heavy atom. The first-order valence-electron chi connectivity index (χ1n) is 5.46. The van der Waals surface area contributed by atoms with Crippen LogP contribution < -0.4 is 11.6 Å². The van der Waals surface area contributed by atoms with Crippen LogP contribution in [0.1, 0.15) is 19.3 Å². The highest BCUT2D eigenvalue weighted by atomic mass is 16.2. The molecule has 15 heavy (non-hydrogen) atoms. The summed E-state index contributed by atoms with van der Waals surface area (Å²) in [7, 11) is 3.65. The zero-order chi connectivity index (χ0) is 11.4. The van der Waals surface area contributed by atoms with Crippen LogP contribution in [0.2, 0.25) is 0 Å². The van der Waals surface area contributed by atoms with E-state index in [1.807, 2.05) is 0 Å². The third-order valence-electron chi connectivity index (χ3n) is 3.07. The minimum absolute atomic E-state index is 0.0637. The van der Waals surface area contributed by atoms with Gasteiger partial charge in [-0.15, -0.1) is 0 Å². The number of amides is 1. The normalized spacial score (nSPS) is 24.9. The number of nitrogens with zero attached hydrogens (tertiary/aromatic N) is 2. The Morgan fingerprint density at radius 2 is 2.33 bits per heavy atom. The van der Waals surface area contributed by atoms with Crippen LogP contribution in [0, 0.1) is 5.92 Å². The van der Waals surface area contributed by atoms with Crippen molar-refractivity contribution in [2.45, 2.75) is 25.3 Å². The molecule has 0 aromatic rings. The largest absolute Gasteiger partial charge is 0.327 e. The van der Waals surface area contributed by atoms with Crippen LogP contribution in [0.4, 0.5) is 0 Å². The molecule has 0 aromatic carbocycles. The molecule has 0 radical (unpaired) electrons. The highest BCUT2D eigenvalue weighted by molar-refractivity contribution is 5.75. The molecule has 1 heterocycles. The summed E-state index contributed by atoms with van der Waals surface area (Å²) in [5.74, 6) is 5.70. The Morgan fingerprint density at radius 3 is 2.87 bits per heavy atom. The van der Waals surface area contributed by atoms with Gasteiger partial charge in [0, 0.05) is 26.1 Å². The number of hydrogen-bond donors (Lipinski definition) is 2. The van der Waals surface area contributed by atoms with Crippen molar-refractivity contribution in [3.05, 3.63) is 0 Å². The number of carbonyl (C=O) groups is 1. The van der Waals surface area contributed by atoms with Crippen molar-refractivity contribution < 1.29 is 4.79 Å². The van der Waals surface area contributed by atoms with Gasteiger partial charge in [0.15, 0.2) is 0 Å². The minimum Gasteiger partial charge on any atom is -0.327 e. The Hall–Kier alpha value is -0.650. The molecule has 88 valence electrons. The number of rotatable bonds is 3. The van der Waals surface area contributed by atoms with Gasteiger partial charge in [-0.1, -0.05) is 0 Å². The molecule has 1 fully saturated rings. The summed E-state index contributed by atoms with van der Waals surface area (Å²) in [6.45, 7) is 2.12. The SMILES string of the molecule is CN1CCCC(C(N)CC(=O)N(C)N)C1. The number of nitrogens with two attached hydrogens (primary N) is 2. The molecule has 0 aromatic heterocycles. The van der Waals surface area contributed by atoms with E-state index >= 15 is 0 Å². The van der Waals surface area contributed by atoms with E-state index < -0.39 is 0 Å². The van der Waals surface area contributed by atoms with E-state index in [0.717, 1.165) is 24.5 Å². The molecule has 0 bridgehead atoms. The lowest BCUT2D eigenvalue weighted by molar-refractivity contribution is -0.130. The molecule has 1 amide bonds. The summed E-state index contributed by atoms with van der Waals surface area (Å²) < 4.78 is 0. The van der Waals surface area contributed by atoms with E-state index in [1.165, 1.54) is 6.42 Å². The Labute approximate surface area is 91.3 Å². The predicted molar refractivity (Wildman–Crippen MR) is 59.8 cm³/mol. The molecule has 1 aliphatic heterocycles. The van der Waals surface area contributed by atoms with Crippen molar-refractivity contribution in [3.8, 4) is 0 Å². The maximum atomic E-state index is 11.4. The first-order valence-corrected chi connectivity index (χ1v) is 5.46. The maximum Gasteiger partial charge on any atom is 0.237 e. The highest BCUT2D eigenvalue weighted by Gasteiger charge is 2.25. The van der Waals surface area contributed by atoms with Gasteiger partial charge in [-0.05, 0) is 32.4 Å². The molecule has 1 saturated heterocycles. The average Bonchev–Trinajstić information content (AvgIpc) is 2.17. The molecule has 5 heteroatoms. The monoisotopic (exact) mass is 214 g/mol. The molecule has 5 nitrogen and oxygen atoms in total. The summed E-state index contributed by atoms with van der Waals surface area (Å²) in [6, 6.07) is -0.0637. The standard InChI is InChI=1S/C10H22N4O/c1-13-5-3-4-8(7-13)9(11)6-10(15)14(2)12/h8-9H,3-7,11-12H2,1-2H3. The molecule has 2 unspecified atom stereocenters. The third kappa shape index (κ3) is 3.77. The summed E-state index contributed by atoms with van der Waals surface area (Å²) in [5, 5.41) is 1.12. The van der Waals surface area contributed by atoms with Crippen LogP contribution in [0.25, 0.3) is 0 Å². The van der Waals surface area contributed by atoms with Crippen LogP contribution in [0.15, 0.2) is 0 Å². The van der Waals surface area contributed by atoms with E-state index in [0.29, 0.717) is 12.3 Å². The minimum atomic E-state index is -0.0873. The lowest BCUT2D eigenvalue weighted by Gasteiger charge is -2.33. The number of piperidine rings is 1. The molecule has 1 rings (SSSR count). The van der Waals surface area contributed by atoms with Gasteiger partial charge in [-0.25, -0.2) is 5.84 Å². The van der Waals surface area contributed by atoms with Gasteiger partial charge in [-0.2, -0.15) is 0 Å². The second-order valence-electron chi connectivity index (χ2n) is 4.54. The van der Waals surface area contributed by atoms with Crippen molar-refractivity contribution in [1.29, 1.82) is 0 Å². The second kappa shape index (κ2) is 5.44. The van der Waals surface area contributed by atoms with Gasteiger partial charge in [-0.3, -0.25) is 9.80 Å². The fourth-order valence-corrected chi connectivity index (χ4v) is 2.07. The van der Waals surface area contributed by atoms with Gasteiger partial charge in [0.25, 0.3) is 0 Å². The summed E-state index contributed by atoms with van der Waals surface area (Å²) >= 11 is 0. The molecule has 4 N–H and O–H groups in total. The van der Waals surface area contributed by atoms with Crippen molar-refractivity contribution in [3.63, 3.8) is 0 Å².